The molecule has 0 unspecified atom stereocenters. The number of ether oxygens (including phenoxy) is 1. The molecule has 0 aromatic heterocycles. The third-order valence-electron chi connectivity index (χ3n) is 2.10. The minimum absolute atomic E-state index is 0.0607. The van der Waals surface area contributed by atoms with Crippen molar-refractivity contribution in [3.63, 3.8) is 0 Å². The largest absolute Gasteiger partial charge is 0.379 e. The zero-order valence-corrected chi connectivity index (χ0v) is 10.1. The highest BCUT2D eigenvalue weighted by molar-refractivity contribution is 7.86. The van der Waals surface area contributed by atoms with Crippen LogP contribution in [0.4, 0.5) is 0 Å². The van der Waals surface area contributed by atoms with Gasteiger partial charge >= 0.3 is 0 Å². The average molecular weight is 237 g/mol. The van der Waals surface area contributed by atoms with Gasteiger partial charge in [0, 0.05) is 19.6 Å². The fourth-order valence-corrected chi connectivity index (χ4v) is 2.57. The van der Waals surface area contributed by atoms with Gasteiger partial charge in [0.05, 0.1) is 25.1 Å². The maximum Gasteiger partial charge on any atom is 0.268 e. The Labute approximate surface area is 91.5 Å². The summed E-state index contributed by atoms with van der Waals surface area (Å²) in [6.45, 7) is 6.93. The molecule has 0 atom stereocenters. The van der Waals surface area contributed by atoms with Crippen LogP contribution in [0, 0.1) is 0 Å². The number of morpholine rings is 1. The maximum atomic E-state index is 11.4. The van der Waals surface area contributed by atoms with E-state index in [1.807, 2.05) is 0 Å². The lowest BCUT2D eigenvalue weighted by Gasteiger charge is -2.26. The first-order chi connectivity index (χ1) is 6.99. The van der Waals surface area contributed by atoms with Gasteiger partial charge in [0.25, 0.3) is 10.1 Å². The molecule has 0 radical (unpaired) electrons. The molecular weight excluding hydrogens is 218 g/mol. The molecule has 1 aliphatic rings. The highest BCUT2D eigenvalue weighted by Crippen LogP contribution is 2.02. The van der Waals surface area contributed by atoms with Crippen molar-refractivity contribution in [1.82, 2.24) is 4.90 Å². The Balaban J connectivity index is 2.28. The molecule has 1 rings (SSSR count). The van der Waals surface area contributed by atoms with Crippen molar-refractivity contribution in [2.24, 2.45) is 0 Å². The van der Waals surface area contributed by atoms with Gasteiger partial charge in [-0.2, -0.15) is 8.42 Å². The second kappa shape index (κ2) is 5.79. The zero-order chi connectivity index (χ0) is 11.3. The van der Waals surface area contributed by atoms with Gasteiger partial charge in [0.2, 0.25) is 0 Å². The standard InChI is InChI=1S/C9H19NO4S/c1-9(2)14-15(11,12)8-5-10-3-6-13-7-4-10/h9H,3-8H2,1-2H3. The van der Waals surface area contributed by atoms with E-state index in [2.05, 4.69) is 4.90 Å². The molecule has 1 heterocycles. The summed E-state index contributed by atoms with van der Waals surface area (Å²) in [5, 5.41) is 0. The Bertz CT molecular complexity index is 270. The van der Waals surface area contributed by atoms with E-state index < -0.39 is 10.1 Å². The van der Waals surface area contributed by atoms with Crippen molar-refractivity contribution in [2.75, 3.05) is 38.6 Å². The first kappa shape index (κ1) is 12.9. The third-order valence-corrected chi connectivity index (χ3v) is 3.46. The Morgan fingerprint density at radius 1 is 1.33 bits per heavy atom. The summed E-state index contributed by atoms with van der Waals surface area (Å²) in [6.07, 6.45) is -0.278. The summed E-state index contributed by atoms with van der Waals surface area (Å²) in [4.78, 5) is 2.07. The van der Waals surface area contributed by atoms with Crippen LogP contribution in [0.15, 0.2) is 0 Å². The molecule has 0 amide bonds. The van der Waals surface area contributed by atoms with Crippen LogP contribution in [0.1, 0.15) is 13.8 Å². The zero-order valence-electron chi connectivity index (χ0n) is 9.31. The smallest absolute Gasteiger partial charge is 0.268 e. The summed E-state index contributed by atoms with van der Waals surface area (Å²) in [5.74, 6) is 0.0607. The molecule has 0 saturated carbocycles. The van der Waals surface area contributed by atoms with Gasteiger partial charge in [0.1, 0.15) is 0 Å². The number of rotatable bonds is 5. The Hall–Kier alpha value is -0.170. The molecule has 0 bridgehead atoms. The van der Waals surface area contributed by atoms with Gasteiger partial charge in [-0.25, -0.2) is 0 Å². The van der Waals surface area contributed by atoms with E-state index in [0.717, 1.165) is 13.1 Å². The fourth-order valence-electron chi connectivity index (χ4n) is 1.41. The van der Waals surface area contributed by atoms with Crippen LogP contribution in [-0.4, -0.2) is 58.0 Å². The summed E-state index contributed by atoms with van der Waals surface area (Å²) in [6, 6.07) is 0. The Morgan fingerprint density at radius 2 is 1.93 bits per heavy atom. The predicted molar refractivity (Wildman–Crippen MR) is 57.3 cm³/mol. The molecule has 0 aliphatic carbocycles. The van der Waals surface area contributed by atoms with Crippen molar-refractivity contribution in [2.45, 2.75) is 20.0 Å². The van der Waals surface area contributed by atoms with Crippen molar-refractivity contribution in [3.8, 4) is 0 Å². The molecule has 1 aliphatic heterocycles. The summed E-state index contributed by atoms with van der Waals surface area (Å²) in [5.41, 5.74) is 0. The molecule has 1 fully saturated rings. The molecule has 6 heteroatoms. The molecule has 0 aromatic carbocycles. The highest BCUT2D eigenvalue weighted by Gasteiger charge is 2.17. The van der Waals surface area contributed by atoms with Crippen molar-refractivity contribution in [1.29, 1.82) is 0 Å². The van der Waals surface area contributed by atoms with E-state index in [0.29, 0.717) is 19.8 Å². The minimum Gasteiger partial charge on any atom is -0.379 e. The van der Waals surface area contributed by atoms with Crippen molar-refractivity contribution in [3.05, 3.63) is 0 Å². The van der Waals surface area contributed by atoms with Crippen LogP contribution in [0.25, 0.3) is 0 Å². The van der Waals surface area contributed by atoms with E-state index >= 15 is 0 Å². The molecule has 0 aromatic rings. The van der Waals surface area contributed by atoms with E-state index in [-0.39, 0.29) is 11.9 Å². The molecular formula is C9H19NO4S. The topological polar surface area (TPSA) is 55.8 Å². The average Bonchev–Trinajstić information content (AvgIpc) is 2.15. The van der Waals surface area contributed by atoms with Crippen LogP contribution in [0.5, 0.6) is 0 Å². The van der Waals surface area contributed by atoms with Crippen LogP contribution < -0.4 is 0 Å². The van der Waals surface area contributed by atoms with Gasteiger partial charge in [-0.3, -0.25) is 9.08 Å². The SMILES string of the molecule is CC(C)OS(=O)(=O)CCN1CCOCC1. The van der Waals surface area contributed by atoms with Crippen molar-refractivity contribution < 1.29 is 17.3 Å². The first-order valence-electron chi connectivity index (χ1n) is 5.21. The summed E-state index contributed by atoms with van der Waals surface area (Å²) >= 11 is 0. The maximum absolute atomic E-state index is 11.4. The van der Waals surface area contributed by atoms with Crippen LogP contribution >= 0.6 is 0 Å². The van der Waals surface area contributed by atoms with E-state index in [1.165, 1.54) is 0 Å². The number of hydrogen-bond acceptors (Lipinski definition) is 5. The molecule has 0 N–H and O–H groups in total. The van der Waals surface area contributed by atoms with Gasteiger partial charge in [-0.05, 0) is 13.8 Å². The van der Waals surface area contributed by atoms with E-state index in [1.54, 1.807) is 13.8 Å². The second-order valence-electron chi connectivity index (χ2n) is 3.86. The predicted octanol–water partition coefficient (Wildman–Crippen LogP) is 0.0734. The highest BCUT2D eigenvalue weighted by atomic mass is 32.2. The molecule has 0 spiro atoms. The van der Waals surface area contributed by atoms with E-state index in [9.17, 15) is 8.42 Å². The van der Waals surface area contributed by atoms with Crippen molar-refractivity contribution >= 4 is 10.1 Å². The molecule has 5 nitrogen and oxygen atoms in total. The first-order valence-corrected chi connectivity index (χ1v) is 6.78. The minimum atomic E-state index is -3.36. The number of hydrogen-bond donors (Lipinski definition) is 0. The fraction of sp³-hybridized carbons (Fsp3) is 1.00. The Morgan fingerprint density at radius 3 is 2.47 bits per heavy atom. The summed E-state index contributed by atoms with van der Waals surface area (Å²) in [7, 11) is -3.36. The summed E-state index contributed by atoms with van der Waals surface area (Å²) < 4.78 is 32.8. The Kier molecular flexibility index (Phi) is 4.98. The van der Waals surface area contributed by atoms with Gasteiger partial charge in [-0.1, -0.05) is 0 Å². The number of nitrogens with zero attached hydrogens (tertiary/aromatic N) is 1. The van der Waals surface area contributed by atoms with Crippen LogP contribution in [0.3, 0.4) is 0 Å². The molecule has 15 heavy (non-hydrogen) atoms. The van der Waals surface area contributed by atoms with Gasteiger partial charge < -0.3 is 4.74 Å². The normalized spacial score (nSPS) is 19.7. The monoisotopic (exact) mass is 237 g/mol. The lowest BCUT2D eigenvalue weighted by atomic mass is 10.4. The third kappa shape index (κ3) is 5.46. The molecule has 1 saturated heterocycles. The lowest BCUT2D eigenvalue weighted by Crippen LogP contribution is -2.39. The van der Waals surface area contributed by atoms with E-state index in [4.69, 9.17) is 8.92 Å². The van der Waals surface area contributed by atoms with Crippen LogP contribution in [-0.2, 0) is 19.0 Å². The van der Waals surface area contributed by atoms with Gasteiger partial charge in [-0.15, -0.1) is 0 Å². The van der Waals surface area contributed by atoms with Crippen LogP contribution in [0.2, 0.25) is 0 Å². The second-order valence-corrected chi connectivity index (χ2v) is 5.58. The van der Waals surface area contributed by atoms with Gasteiger partial charge in [0.15, 0.2) is 0 Å². The quantitative estimate of drug-likeness (QED) is 0.634. The molecule has 90 valence electrons. The lowest BCUT2D eigenvalue weighted by molar-refractivity contribution is 0.0405.